The van der Waals surface area contributed by atoms with E-state index in [0.29, 0.717) is 23.0 Å². The molecule has 0 atom stereocenters. The molecule has 0 N–H and O–H groups in total. The molecule has 0 spiro atoms. The Hall–Kier alpha value is -0.990. The maximum absolute atomic E-state index is 11.5. The number of nitrogens with zero attached hydrogens (tertiary/aromatic N) is 1. The summed E-state index contributed by atoms with van der Waals surface area (Å²) in [5.74, 6) is 0.179. The van der Waals surface area contributed by atoms with Gasteiger partial charge in [-0.15, -0.1) is 0 Å². The fourth-order valence-corrected chi connectivity index (χ4v) is 2.52. The molecular formula is C11H7Cl2NO. The van der Waals surface area contributed by atoms with Crippen LogP contribution in [-0.2, 0) is 6.54 Å². The zero-order valence-electron chi connectivity index (χ0n) is 7.76. The third kappa shape index (κ3) is 1.15. The van der Waals surface area contributed by atoms with E-state index >= 15 is 0 Å². The zero-order valence-corrected chi connectivity index (χ0v) is 9.27. The first kappa shape index (κ1) is 9.25. The van der Waals surface area contributed by atoms with Gasteiger partial charge in [0.2, 0.25) is 0 Å². The van der Waals surface area contributed by atoms with Crippen LogP contribution < -0.4 is 0 Å². The number of carbonyl (C=O) groups is 1. The molecule has 2 aromatic rings. The molecule has 15 heavy (non-hydrogen) atoms. The molecule has 1 aliphatic heterocycles. The first-order chi connectivity index (χ1) is 7.18. The zero-order chi connectivity index (χ0) is 10.6. The lowest BCUT2D eigenvalue weighted by molar-refractivity contribution is 0.0994. The van der Waals surface area contributed by atoms with Crippen LogP contribution in [0.25, 0.3) is 10.9 Å². The lowest BCUT2D eigenvalue weighted by atomic mass is 10.2. The number of rotatable bonds is 0. The first-order valence-corrected chi connectivity index (χ1v) is 5.44. The van der Waals surface area contributed by atoms with Gasteiger partial charge in [0.15, 0.2) is 5.78 Å². The van der Waals surface area contributed by atoms with Gasteiger partial charge in [-0.3, -0.25) is 4.79 Å². The SMILES string of the molecule is O=C1CCn2c1cc1ccc(Cl)c(Cl)c12. The number of halogens is 2. The highest BCUT2D eigenvalue weighted by Crippen LogP contribution is 2.35. The molecule has 0 fully saturated rings. The van der Waals surface area contributed by atoms with Crippen LogP contribution in [0.2, 0.25) is 10.0 Å². The van der Waals surface area contributed by atoms with E-state index in [1.165, 1.54) is 0 Å². The van der Waals surface area contributed by atoms with Crippen LogP contribution in [0.3, 0.4) is 0 Å². The Kier molecular flexibility index (Phi) is 1.85. The summed E-state index contributed by atoms with van der Waals surface area (Å²) < 4.78 is 1.95. The van der Waals surface area contributed by atoms with Crippen molar-refractivity contribution in [1.29, 1.82) is 0 Å². The molecule has 0 saturated heterocycles. The predicted octanol–water partition coefficient (Wildman–Crippen LogP) is 3.53. The maximum Gasteiger partial charge on any atom is 0.181 e. The third-order valence-electron chi connectivity index (χ3n) is 2.80. The fraction of sp³-hybridized carbons (Fsp3) is 0.182. The average Bonchev–Trinajstić information content (AvgIpc) is 2.73. The summed E-state index contributed by atoms with van der Waals surface area (Å²) in [5.41, 5.74) is 1.62. The van der Waals surface area contributed by atoms with Crippen molar-refractivity contribution in [2.45, 2.75) is 13.0 Å². The van der Waals surface area contributed by atoms with E-state index in [4.69, 9.17) is 23.2 Å². The minimum atomic E-state index is 0.179. The second-order valence-corrected chi connectivity index (χ2v) is 4.44. The summed E-state index contributed by atoms with van der Waals surface area (Å²) in [6, 6.07) is 5.53. The van der Waals surface area contributed by atoms with Gasteiger partial charge in [0.05, 0.1) is 21.3 Å². The van der Waals surface area contributed by atoms with Crippen LogP contribution in [-0.4, -0.2) is 10.4 Å². The summed E-state index contributed by atoms with van der Waals surface area (Å²) in [5, 5.41) is 2.05. The highest BCUT2D eigenvalue weighted by molar-refractivity contribution is 6.45. The summed E-state index contributed by atoms with van der Waals surface area (Å²) in [6.07, 6.45) is 0.564. The maximum atomic E-state index is 11.5. The summed E-state index contributed by atoms with van der Waals surface area (Å²) >= 11 is 12.1. The van der Waals surface area contributed by atoms with Gasteiger partial charge in [0, 0.05) is 18.4 Å². The number of Topliss-reactive ketones (excluding diaryl/α,β-unsaturated/α-hetero) is 1. The van der Waals surface area contributed by atoms with Crippen molar-refractivity contribution >= 4 is 39.9 Å². The van der Waals surface area contributed by atoms with E-state index in [2.05, 4.69) is 0 Å². The fourth-order valence-electron chi connectivity index (χ4n) is 2.10. The second kappa shape index (κ2) is 3.00. The van der Waals surface area contributed by atoms with E-state index in [-0.39, 0.29) is 5.78 Å². The molecule has 0 unspecified atom stereocenters. The van der Waals surface area contributed by atoms with Crippen molar-refractivity contribution in [3.05, 3.63) is 33.9 Å². The van der Waals surface area contributed by atoms with Crippen LogP contribution in [0.4, 0.5) is 0 Å². The normalized spacial score (nSPS) is 14.9. The van der Waals surface area contributed by atoms with Crippen molar-refractivity contribution in [2.75, 3.05) is 0 Å². The smallest absolute Gasteiger partial charge is 0.181 e. The quantitative estimate of drug-likeness (QED) is 0.690. The number of fused-ring (bicyclic) bond motifs is 3. The predicted molar refractivity (Wildman–Crippen MR) is 60.9 cm³/mol. The summed E-state index contributed by atoms with van der Waals surface area (Å²) in [4.78, 5) is 11.5. The molecule has 2 nitrogen and oxygen atoms in total. The number of carbonyl (C=O) groups excluding carboxylic acids is 1. The Balaban J connectivity index is 2.46. The Morgan fingerprint density at radius 2 is 2.07 bits per heavy atom. The van der Waals surface area contributed by atoms with Gasteiger partial charge in [0.1, 0.15) is 0 Å². The molecular weight excluding hydrogens is 233 g/mol. The van der Waals surface area contributed by atoms with Gasteiger partial charge in [0.25, 0.3) is 0 Å². The first-order valence-electron chi connectivity index (χ1n) is 4.69. The van der Waals surface area contributed by atoms with Crippen molar-refractivity contribution in [1.82, 2.24) is 4.57 Å². The molecule has 4 heteroatoms. The monoisotopic (exact) mass is 239 g/mol. The van der Waals surface area contributed by atoms with Gasteiger partial charge in [-0.1, -0.05) is 29.3 Å². The second-order valence-electron chi connectivity index (χ2n) is 3.65. The molecule has 0 radical (unpaired) electrons. The van der Waals surface area contributed by atoms with Crippen LogP contribution >= 0.6 is 23.2 Å². The number of ketones is 1. The molecule has 0 bridgehead atoms. The Bertz CT molecular complexity index is 586. The van der Waals surface area contributed by atoms with E-state index < -0.39 is 0 Å². The number of hydrogen-bond donors (Lipinski definition) is 0. The lowest BCUT2D eigenvalue weighted by Gasteiger charge is -2.02. The minimum absolute atomic E-state index is 0.179. The Morgan fingerprint density at radius 1 is 1.27 bits per heavy atom. The molecule has 0 amide bonds. The number of hydrogen-bond acceptors (Lipinski definition) is 1. The highest BCUT2D eigenvalue weighted by atomic mass is 35.5. The molecule has 2 heterocycles. The van der Waals surface area contributed by atoms with E-state index in [0.717, 1.165) is 16.6 Å². The molecule has 0 aliphatic carbocycles. The van der Waals surface area contributed by atoms with Crippen LogP contribution in [0.15, 0.2) is 18.2 Å². The van der Waals surface area contributed by atoms with Gasteiger partial charge in [-0.2, -0.15) is 0 Å². The Labute approximate surface area is 96.4 Å². The van der Waals surface area contributed by atoms with Gasteiger partial charge in [-0.05, 0) is 12.1 Å². The van der Waals surface area contributed by atoms with Gasteiger partial charge in [-0.25, -0.2) is 0 Å². The molecule has 0 saturated carbocycles. The molecule has 1 aromatic carbocycles. The Morgan fingerprint density at radius 3 is 2.87 bits per heavy atom. The third-order valence-corrected chi connectivity index (χ3v) is 3.60. The molecule has 76 valence electrons. The van der Waals surface area contributed by atoms with Crippen LogP contribution in [0.1, 0.15) is 16.9 Å². The topological polar surface area (TPSA) is 22.0 Å². The molecule has 1 aromatic heterocycles. The summed E-state index contributed by atoms with van der Waals surface area (Å²) in [7, 11) is 0. The largest absolute Gasteiger partial charge is 0.336 e. The van der Waals surface area contributed by atoms with Crippen molar-refractivity contribution in [3.8, 4) is 0 Å². The van der Waals surface area contributed by atoms with E-state index in [1.807, 2.05) is 16.7 Å². The molecule has 3 rings (SSSR count). The van der Waals surface area contributed by atoms with E-state index in [1.54, 1.807) is 6.07 Å². The van der Waals surface area contributed by atoms with Crippen LogP contribution in [0, 0.1) is 0 Å². The highest BCUT2D eigenvalue weighted by Gasteiger charge is 2.23. The number of benzene rings is 1. The summed E-state index contributed by atoms with van der Waals surface area (Å²) in [6.45, 7) is 0.706. The average molecular weight is 240 g/mol. The number of aryl methyl sites for hydroxylation is 1. The molecule has 1 aliphatic rings. The van der Waals surface area contributed by atoms with Crippen molar-refractivity contribution in [3.63, 3.8) is 0 Å². The lowest BCUT2D eigenvalue weighted by Crippen LogP contribution is -1.92. The van der Waals surface area contributed by atoms with Crippen LogP contribution in [0.5, 0.6) is 0 Å². The standard InChI is InChI=1S/C11H7Cl2NO/c12-7-2-1-6-5-8-9(15)3-4-14(8)11(6)10(7)13/h1-2,5H,3-4H2. The number of aromatic nitrogens is 1. The van der Waals surface area contributed by atoms with E-state index in [9.17, 15) is 4.79 Å². The van der Waals surface area contributed by atoms with Crippen molar-refractivity contribution in [2.24, 2.45) is 0 Å². The van der Waals surface area contributed by atoms with Gasteiger partial charge >= 0.3 is 0 Å². The van der Waals surface area contributed by atoms with Crippen molar-refractivity contribution < 1.29 is 4.79 Å². The minimum Gasteiger partial charge on any atom is -0.336 e. The van der Waals surface area contributed by atoms with Gasteiger partial charge < -0.3 is 4.57 Å².